The van der Waals surface area contributed by atoms with E-state index in [1.807, 2.05) is 12.1 Å². The van der Waals surface area contributed by atoms with Crippen LogP contribution < -0.4 is 5.32 Å². The van der Waals surface area contributed by atoms with E-state index in [9.17, 15) is 9.59 Å². The van der Waals surface area contributed by atoms with Crippen molar-refractivity contribution in [2.45, 2.75) is 25.8 Å². The van der Waals surface area contributed by atoms with Crippen LogP contribution in [0.4, 0.5) is 0 Å². The minimum absolute atomic E-state index is 0.263. The Hall–Kier alpha value is -1.55. The van der Waals surface area contributed by atoms with Crippen LogP contribution in [-0.2, 0) is 16.0 Å². The summed E-state index contributed by atoms with van der Waals surface area (Å²) in [5.41, 5.74) is 0.993. The standard InChI is InChI=1S/C12H14ClNO3/c1-8(12(16)17)14-11(15)7-4-9-2-5-10(13)6-3-9/h2-3,5-6,8H,4,7H2,1H3,(H,14,15)(H,16,17)/t8-/m0/s1. The molecule has 0 aliphatic carbocycles. The monoisotopic (exact) mass is 255 g/mol. The molecule has 0 aliphatic rings. The van der Waals surface area contributed by atoms with Crippen molar-refractivity contribution in [3.63, 3.8) is 0 Å². The highest BCUT2D eigenvalue weighted by Crippen LogP contribution is 2.10. The first kappa shape index (κ1) is 13.5. The number of benzene rings is 1. The van der Waals surface area contributed by atoms with Gasteiger partial charge in [-0.25, -0.2) is 0 Å². The maximum atomic E-state index is 11.4. The first-order chi connectivity index (χ1) is 7.99. The first-order valence-electron chi connectivity index (χ1n) is 5.25. The molecule has 1 aromatic carbocycles. The Balaban J connectivity index is 2.38. The molecule has 1 aromatic rings. The predicted molar refractivity (Wildman–Crippen MR) is 65.0 cm³/mol. The number of rotatable bonds is 5. The summed E-state index contributed by atoms with van der Waals surface area (Å²) in [5, 5.41) is 11.7. The summed E-state index contributed by atoms with van der Waals surface area (Å²) in [6.45, 7) is 1.43. The largest absolute Gasteiger partial charge is 0.480 e. The summed E-state index contributed by atoms with van der Waals surface area (Å²) in [6, 6.07) is 6.35. The van der Waals surface area contributed by atoms with Crippen molar-refractivity contribution in [1.29, 1.82) is 0 Å². The lowest BCUT2D eigenvalue weighted by Crippen LogP contribution is -2.38. The maximum Gasteiger partial charge on any atom is 0.325 e. The third kappa shape index (κ3) is 4.87. The highest BCUT2D eigenvalue weighted by atomic mass is 35.5. The molecule has 92 valence electrons. The molecule has 0 fully saturated rings. The molecule has 5 heteroatoms. The van der Waals surface area contributed by atoms with E-state index in [2.05, 4.69) is 5.32 Å². The Morgan fingerprint density at radius 2 is 1.94 bits per heavy atom. The lowest BCUT2D eigenvalue weighted by molar-refractivity contribution is -0.141. The van der Waals surface area contributed by atoms with E-state index in [-0.39, 0.29) is 12.3 Å². The number of carboxylic acid groups (broad SMARTS) is 1. The van der Waals surface area contributed by atoms with Crippen molar-refractivity contribution in [1.82, 2.24) is 5.32 Å². The molecule has 2 N–H and O–H groups in total. The number of halogens is 1. The van der Waals surface area contributed by atoms with Gasteiger partial charge in [-0.2, -0.15) is 0 Å². The number of aryl methyl sites for hydroxylation is 1. The zero-order valence-electron chi connectivity index (χ0n) is 9.44. The van der Waals surface area contributed by atoms with E-state index >= 15 is 0 Å². The van der Waals surface area contributed by atoms with Crippen LogP contribution in [0.15, 0.2) is 24.3 Å². The highest BCUT2D eigenvalue weighted by molar-refractivity contribution is 6.30. The molecule has 0 saturated carbocycles. The molecule has 1 atom stereocenters. The van der Waals surface area contributed by atoms with Crippen molar-refractivity contribution in [3.05, 3.63) is 34.9 Å². The second-order valence-corrected chi connectivity index (χ2v) is 4.19. The van der Waals surface area contributed by atoms with Gasteiger partial charge >= 0.3 is 5.97 Å². The van der Waals surface area contributed by atoms with E-state index in [0.717, 1.165) is 5.56 Å². The Morgan fingerprint density at radius 3 is 2.47 bits per heavy atom. The molecular formula is C12H14ClNO3. The SMILES string of the molecule is C[C@H](NC(=O)CCc1ccc(Cl)cc1)C(=O)O. The molecule has 4 nitrogen and oxygen atoms in total. The molecule has 0 bridgehead atoms. The fourth-order valence-corrected chi connectivity index (χ4v) is 1.41. The topological polar surface area (TPSA) is 66.4 Å². The zero-order chi connectivity index (χ0) is 12.8. The Labute approximate surface area is 105 Å². The summed E-state index contributed by atoms with van der Waals surface area (Å²) in [4.78, 5) is 21.9. The van der Waals surface area contributed by atoms with Crippen LogP contribution in [-0.4, -0.2) is 23.0 Å². The molecule has 0 saturated heterocycles. The van der Waals surface area contributed by atoms with Crippen LogP contribution in [0.3, 0.4) is 0 Å². The van der Waals surface area contributed by atoms with Gasteiger partial charge in [-0.3, -0.25) is 9.59 Å². The summed E-state index contributed by atoms with van der Waals surface area (Å²) in [7, 11) is 0. The average molecular weight is 256 g/mol. The third-order valence-electron chi connectivity index (χ3n) is 2.30. The van der Waals surface area contributed by atoms with E-state index < -0.39 is 12.0 Å². The lowest BCUT2D eigenvalue weighted by Gasteiger charge is -2.08. The number of aliphatic carboxylic acids is 1. The van der Waals surface area contributed by atoms with Gasteiger partial charge in [0.15, 0.2) is 0 Å². The fraction of sp³-hybridized carbons (Fsp3) is 0.333. The average Bonchev–Trinajstić information content (AvgIpc) is 2.28. The van der Waals surface area contributed by atoms with Gasteiger partial charge in [0.25, 0.3) is 0 Å². The fourth-order valence-electron chi connectivity index (χ4n) is 1.28. The van der Waals surface area contributed by atoms with Crippen molar-refractivity contribution >= 4 is 23.5 Å². The van der Waals surface area contributed by atoms with E-state index in [4.69, 9.17) is 16.7 Å². The second kappa shape index (κ2) is 6.25. The molecule has 1 amide bonds. The Morgan fingerprint density at radius 1 is 1.35 bits per heavy atom. The van der Waals surface area contributed by atoms with Gasteiger partial charge in [0, 0.05) is 11.4 Å². The van der Waals surface area contributed by atoms with Crippen LogP contribution in [0.25, 0.3) is 0 Å². The molecule has 0 radical (unpaired) electrons. The molecular weight excluding hydrogens is 242 g/mol. The molecule has 1 rings (SSSR count). The van der Waals surface area contributed by atoms with Gasteiger partial charge < -0.3 is 10.4 Å². The predicted octanol–water partition coefficient (Wildman–Crippen LogP) is 1.86. The summed E-state index contributed by atoms with van der Waals surface area (Å²) >= 11 is 5.73. The third-order valence-corrected chi connectivity index (χ3v) is 2.55. The van der Waals surface area contributed by atoms with E-state index in [1.165, 1.54) is 6.92 Å². The van der Waals surface area contributed by atoms with Gasteiger partial charge in [-0.1, -0.05) is 23.7 Å². The van der Waals surface area contributed by atoms with Crippen LogP contribution in [0.2, 0.25) is 5.02 Å². The van der Waals surface area contributed by atoms with Crippen LogP contribution >= 0.6 is 11.6 Å². The van der Waals surface area contributed by atoms with E-state index in [1.54, 1.807) is 12.1 Å². The zero-order valence-corrected chi connectivity index (χ0v) is 10.2. The van der Waals surface area contributed by atoms with Gasteiger partial charge in [0.2, 0.25) is 5.91 Å². The first-order valence-corrected chi connectivity index (χ1v) is 5.63. The lowest BCUT2D eigenvalue weighted by atomic mass is 10.1. The minimum atomic E-state index is -1.04. The second-order valence-electron chi connectivity index (χ2n) is 3.75. The number of carboxylic acids is 1. The quantitative estimate of drug-likeness (QED) is 0.844. The number of hydrogen-bond acceptors (Lipinski definition) is 2. The van der Waals surface area contributed by atoms with Crippen LogP contribution in [0.1, 0.15) is 18.9 Å². The molecule has 17 heavy (non-hydrogen) atoms. The van der Waals surface area contributed by atoms with Crippen molar-refractivity contribution in [2.24, 2.45) is 0 Å². The number of carbonyl (C=O) groups excluding carboxylic acids is 1. The van der Waals surface area contributed by atoms with Gasteiger partial charge in [-0.15, -0.1) is 0 Å². The van der Waals surface area contributed by atoms with Crippen molar-refractivity contribution in [2.75, 3.05) is 0 Å². The number of amides is 1. The molecule has 0 heterocycles. The minimum Gasteiger partial charge on any atom is -0.480 e. The summed E-state index contributed by atoms with van der Waals surface area (Å²) < 4.78 is 0. The smallest absolute Gasteiger partial charge is 0.325 e. The van der Waals surface area contributed by atoms with Gasteiger partial charge in [-0.05, 0) is 31.0 Å². The Bertz CT molecular complexity index is 403. The highest BCUT2D eigenvalue weighted by Gasteiger charge is 2.13. The number of nitrogens with one attached hydrogen (secondary N) is 1. The van der Waals surface area contributed by atoms with Crippen molar-refractivity contribution < 1.29 is 14.7 Å². The summed E-state index contributed by atoms with van der Waals surface area (Å²) in [5.74, 6) is -1.31. The summed E-state index contributed by atoms with van der Waals surface area (Å²) in [6.07, 6.45) is 0.828. The van der Waals surface area contributed by atoms with Gasteiger partial charge in [0.05, 0.1) is 0 Å². The normalized spacial score (nSPS) is 11.9. The molecule has 0 aliphatic heterocycles. The van der Waals surface area contributed by atoms with Crippen LogP contribution in [0, 0.1) is 0 Å². The van der Waals surface area contributed by atoms with Gasteiger partial charge in [0.1, 0.15) is 6.04 Å². The van der Waals surface area contributed by atoms with E-state index in [0.29, 0.717) is 11.4 Å². The molecule has 0 aromatic heterocycles. The van der Waals surface area contributed by atoms with Crippen molar-refractivity contribution in [3.8, 4) is 0 Å². The van der Waals surface area contributed by atoms with Crippen LogP contribution in [0.5, 0.6) is 0 Å². The molecule has 0 spiro atoms. The molecule has 0 unspecified atom stereocenters. The maximum absolute atomic E-state index is 11.4. The number of carbonyl (C=O) groups is 2. The Kier molecular flexibility index (Phi) is 4.97. The number of hydrogen-bond donors (Lipinski definition) is 2.